The zero-order chi connectivity index (χ0) is 26.6. The van der Waals surface area contributed by atoms with Gasteiger partial charge in [-0.2, -0.15) is 0 Å². The van der Waals surface area contributed by atoms with Crippen LogP contribution in [0.2, 0.25) is 0 Å². The van der Waals surface area contributed by atoms with Gasteiger partial charge in [0.25, 0.3) is 0 Å². The molecule has 5 aromatic rings. The molecule has 0 amide bonds. The maximum atomic E-state index is 10.1. The average Bonchev–Trinajstić information content (AvgIpc) is 2.95. The van der Waals surface area contributed by atoms with Crippen LogP contribution >= 0.6 is 0 Å². The number of carboxylic acid groups (broad SMARTS) is 1. The smallest absolute Gasteiger partial charge is 0.354 e. The average molecular weight is 700 g/mol. The minimum atomic E-state index is -0.990. The van der Waals surface area contributed by atoms with E-state index < -0.39 is 5.97 Å². The molecule has 0 spiro atoms. The summed E-state index contributed by atoms with van der Waals surface area (Å²) in [4.78, 5) is 18.2. The van der Waals surface area contributed by atoms with Crippen LogP contribution in [0.5, 0.6) is 23.0 Å². The molecule has 5 rings (SSSR count). The molecule has 0 radical (unpaired) electrons. The van der Waals surface area contributed by atoms with Crippen molar-refractivity contribution in [1.29, 1.82) is 0 Å². The molecule has 2 N–H and O–H groups in total. The van der Waals surface area contributed by atoms with Gasteiger partial charge in [-0.3, -0.25) is 0 Å². The van der Waals surface area contributed by atoms with Gasteiger partial charge in [0.05, 0.1) is 0 Å². The Morgan fingerprint density at radius 3 is 2.08 bits per heavy atom. The number of hydrogen-bond acceptors (Lipinski definition) is 6. The Morgan fingerprint density at radius 2 is 1.49 bits per heavy atom. The second kappa shape index (κ2) is 15.2. The Balaban J connectivity index is 0.000000359. The Kier molecular flexibility index (Phi) is 11.4. The van der Waals surface area contributed by atoms with E-state index in [2.05, 4.69) is 21.4 Å². The summed E-state index contributed by atoms with van der Waals surface area (Å²) >= 11 is 0. The number of para-hydroxylation sites is 2. The van der Waals surface area contributed by atoms with Crippen molar-refractivity contribution < 1.29 is 40.4 Å². The summed E-state index contributed by atoms with van der Waals surface area (Å²) in [5.41, 5.74) is 2.81. The quantitative estimate of drug-likeness (QED) is 0.176. The van der Waals surface area contributed by atoms with Gasteiger partial charge in [0.2, 0.25) is 0 Å². The standard InChI is InChI=1S/C25H21N2O2.C6H5NO2.Pt/c1-26-18-19-14-15-27-24(16-19)23-13-12-22(28-20-8-4-2-5-9-20)17-25(23)29-21-10-6-3-7-11-21;8-6(9)5-3-1-2-4-7-5;/h2-12,14-17,26H,18H2,1H3;1-4H,(H,8,9);/q-1;;. The predicted molar refractivity (Wildman–Crippen MR) is 146 cm³/mol. The first kappa shape index (κ1) is 29.2. The summed E-state index contributed by atoms with van der Waals surface area (Å²) in [6.07, 6.45) is 3.25. The molecule has 0 aliphatic carbocycles. The molecule has 0 aliphatic rings. The largest absolute Gasteiger partial charge is 0.502 e. The van der Waals surface area contributed by atoms with Gasteiger partial charge in [-0.1, -0.05) is 60.2 Å². The molecular weight excluding hydrogens is 673 g/mol. The monoisotopic (exact) mass is 699 g/mol. The number of aromatic carboxylic acids is 1. The van der Waals surface area contributed by atoms with Crippen molar-refractivity contribution in [3.63, 3.8) is 0 Å². The third-order valence-electron chi connectivity index (χ3n) is 5.17. The van der Waals surface area contributed by atoms with E-state index in [1.54, 1.807) is 18.3 Å². The Labute approximate surface area is 241 Å². The molecule has 0 fully saturated rings. The topological polar surface area (TPSA) is 93.6 Å². The third kappa shape index (κ3) is 8.88. The second-order valence-corrected chi connectivity index (χ2v) is 8.00. The summed E-state index contributed by atoms with van der Waals surface area (Å²) in [6.45, 7) is 0.763. The number of rotatable bonds is 8. The van der Waals surface area contributed by atoms with Gasteiger partial charge in [0, 0.05) is 51.5 Å². The van der Waals surface area contributed by atoms with Crippen LogP contribution in [-0.2, 0) is 27.6 Å². The molecular formula is C31H26N3O4Pt-. The second-order valence-electron chi connectivity index (χ2n) is 8.00. The molecule has 0 bridgehead atoms. The van der Waals surface area contributed by atoms with Gasteiger partial charge in [-0.05, 0) is 60.8 Å². The van der Waals surface area contributed by atoms with E-state index in [-0.39, 0.29) is 26.8 Å². The Bertz CT molecular complexity index is 1450. The van der Waals surface area contributed by atoms with Crippen molar-refractivity contribution in [3.05, 3.63) is 133 Å². The number of hydrogen-bond donors (Lipinski definition) is 2. The van der Waals surface area contributed by atoms with Crippen LogP contribution < -0.4 is 14.8 Å². The third-order valence-corrected chi connectivity index (χ3v) is 5.17. The van der Waals surface area contributed by atoms with E-state index in [1.807, 2.05) is 92.0 Å². The van der Waals surface area contributed by atoms with Gasteiger partial charge >= 0.3 is 5.97 Å². The van der Waals surface area contributed by atoms with Crippen molar-refractivity contribution in [3.8, 4) is 34.3 Å². The fraction of sp³-hybridized carbons (Fsp3) is 0.0645. The summed E-state index contributed by atoms with van der Waals surface area (Å²) in [7, 11) is 1.92. The molecule has 7 nitrogen and oxygen atoms in total. The molecule has 3 aromatic carbocycles. The fourth-order valence-corrected chi connectivity index (χ4v) is 3.45. The van der Waals surface area contributed by atoms with E-state index in [9.17, 15) is 4.79 Å². The van der Waals surface area contributed by atoms with Crippen LogP contribution in [0.3, 0.4) is 0 Å². The Morgan fingerprint density at radius 1 is 0.821 bits per heavy atom. The normalized spacial score (nSPS) is 9.87. The van der Waals surface area contributed by atoms with E-state index in [1.165, 1.54) is 12.3 Å². The molecule has 2 heterocycles. The molecule has 39 heavy (non-hydrogen) atoms. The summed E-state index contributed by atoms with van der Waals surface area (Å²) in [5.74, 6) is 1.80. The first-order valence-electron chi connectivity index (χ1n) is 11.9. The van der Waals surface area contributed by atoms with E-state index in [0.717, 1.165) is 34.9 Å². The number of nitrogens with one attached hydrogen (secondary N) is 1. The van der Waals surface area contributed by atoms with Crippen LogP contribution in [0.15, 0.2) is 116 Å². The number of aromatic nitrogens is 2. The molecule has 0 saturated carbocycles. The van der Waals surface area contributed by atoms with Crippen molar-refractivity contribution in [2.75, 3.05) is 7.05 Å². The number of pyridine rings is 2. The minimum absolute atomic E-state index is 0. The maximum Gasteiger partial charge on any atom is 0.354 e. The summed E-state index contributed by atoms with van der Waals surface area (Å²) < 4.78 is 12.1. The molecule has 0 atom stereocenters. The van der Waals surface area contributed by atoms with Crippen LogP contribution in [0.1, 0.15) is 16.1 Å². The molecule has 0 saturated heterocycles. The van der Waals surface area contributed by atoms with Crippen molar-refractivity contribution in [1.82, 2.24) is 15.3 Å². The zero-order valence-electron chi connectivity index (χ0n) is 21.1. The maximum absolute atomic E-state index is 10.1. The minimum Gasteiger partial charge on any atom is -0.502 e. The Hall–Kier alpha value is -4.32. The van der Waals surface area contributed by atoms with Gasteiger partial charge in [0.15, 0.2) is 0 Å². The van der Waals surface area contributed by atoms with Crippen LogP contribution in [-0.4, -0.2) is 28.1 Å². The van der Waals surface area contributed by atoms with Gasteiger partial charge < -0.3 is 24.9 Å². The summed E-state index contributed by atoms with van der Waals surface area (Å²) in [6, 6.07) is 35.1. The van der Waals surface area contributed by atoms with Gasteiger partial charge in [0.1, 0.15) is 17.2 Å². The predicted octanol–water partition coefficient (Wildman–Crippen LogP) is 6.63. The van der Waals surface area contributed by atoms with Crippen LogP contribution in [0.4, 0.5) is 0 Å². The van der Waals surface area contributed by atoms with E-state index >= 15 is 0 Å². The molecule has 0 unspecified atom stereocenters. The van der Waals surface area contributed by atoms with Gasteiger partial charge in [-0.15, -0.1) is 12.1 Å². The van der Waals surface area contributed by atoms with E-state index in [4.69, 9.17) is 14.6 Å². The molecule has 2 aromatic heterocycles. The SMILES string of the molecule is CNCc1ccnc(-c2[c-]cc(Oc3ccccc3)cc2Oc2ccccc2)c1.O=C(O)c1ccccn1.[Pt]. The molecule has 0 aliphatic heterocycles. The number of ether oxygens (including phenoxy) is 2. The van der Waals surface area contributed by atoms with Crippen LogP contribution in [0, 0.1) is 6.07 Å². The van der Waals surface area contributed by atoms with Crippen LogP contribution in [0.25, 0.3) is 11.3 Å². The van der Waals surface area contributed by atoms with E-state index in [0.29, 0.717) is 11.5 Å². The van der Waals surface area contributed by atoms with Crippen molar-refractivity contribution in [2.45, 2.75) is 6.54 Å². The molecule has 200 valence electrons. The number of carbonyl (C=O) groups is 1. The van der Waals surface area contributed by atoms with Gasteiger partial charge in [-0.25, -0.2) is 9.78 Å². The van der Waals surface area contributed by atoms with Crippen molar-refractivity contribution in [2.24, 2.45) is 0 Å². The number of carboxylic acids is 1. The first-order valence-corrected chi connectivity index (χ1v) is 11.9. The number of benzene rings is 3. The van der Waals surface area contributed by atoms with Crippen molar-refractivity contribution >= 4 is 5.97 Å². The molecule has 8 heteroatoms. The summed E-state index contributed by atoms with van der Waals surface area (Å²) in [5, 5.41) is 11.5. The zero-order valence-corrected chi connectivity index (χ0v) is 23.3. The number of nitrogens with zero attached hydrogens (tertiary/aromatic N) is 2. The first-order chi connectivity index (χ1) is 18.6. The fourth-order valence-electron chi connectivity index (χ4n) is 3.45.